The Morgan fingerprint density at radius 1 is 1.12 bits per heavy atom. The largest absolute Gasteiger partial charge is 0.457 e. The Labute approximate surface area is 238 Å². The van der Waals surface area contributed by atoms with E-state index >= 15 is 0 Å². The van der Waals surface area contributed by atoms with Gasteiger partial charge in [-0.1, -0.05) is 31.2 Å². The highest BCUT2D eigenvalue weighted by Crippen LogP contribution is 2.24. The molecule has 1 aromatic heterocycles. The molecule has 0 spiro atoms. The van der Waals surface area contributed by atoms with Gasteiger partial charge in [-0.3, -0.25) is 9.79 Å². The molecule has 0 bridgehead atoms. The number of aryl methyl sites for hydroxylation is 1. The fraction of sp³-hybridized carbons (Fsp3) is 0.375. The molecule has 212 valence electrons. The third-order valence-corrected chi connectivity index (χ3v) is 6.43. The zero-order chi connectivity index (χ0) is 28.9. The van der Waals surface area contributed by atoms with E-state index in [0.717, 1.165) is 60.1 Å². The molecule has 0 radical (unpaired) electrons. The van der Waals surface area contributed by atoms with Crippen molar-refractivity contribution in [2.75, 3.05) is 46.0 Å². The SMILES string of the molecule is CC1CCCN(C(=O)/C=C/CN(C)C)C1.CCN=C(c1ccc(Oc2ccccc2)cc1)c1c(C)ncnc1N. The lowest BCUT2D eigenvalue weighted by atomic mass is 10.0. The molecule has 2 N–H and O–H groups in total. The molecule has 8 nitrogen and oxygen atoms in total. The maximum atomic E-state index is 11.7. The second-order valence-corrected chi connectivity index (χ2v) is 10.2. The van der Waals surface area contributed by atoms with E-state index in [2.05, 4.69) is 21.9 Å². The number of likely N-dealkylation sites (N-methyl/N-ethyl adjacent to an activating group) is 1. The molecule has 1 amide bonds. The van der Waals surface area contributed by atoms with Gasteiger partial charge < -0.3 is 20.3 Å². The third kappa shape index (κ3) is 9.31. The molecule has 1 aliphatic rings. The van der Waals surface area contributed by atoms with Crippen LogP contribution in [0.1, 0.15) is 43.5 Å². The van der Waals surface area contributed by atoms with E-state index in [1.54, 1.807) is 6.08 Å². The highest BCUT2D eigenvalue weighted by atomic mass is 16.5. The minimum Gasteiger partial charge on any atom is -0.457 e. The van der Waals surface area contributed by atoms with Crippen LogP contribution < -0.4 is 10.5 Å². The summed E-state index contributed by atoms with van der Waals surface area (Å²) in [5.74, 6) is 2.83. The summed E-state index contributed by atoms with van der Waals surface area (Å²) in [5.41, 5.74) is 9.40. The van der Waals surface area contributed by atoms with Gasteiger partial charge in [-0.25, -0.2) is 9.97 Å². The van der Waals surface area contributed by atoms with Gasteiger partial charge in [0.1, 0.15) is 23.6 Å². The van der Waals surface area contributed by atoms with E-state index in [-0.39, 0.29) is 5.91 Å². The topological polar surface area (TPSA) is 96.9 Å². The summed E-state index contributed by atoms with van der Waals surface area (Å²) in [6.45, 7) is 9.43. The van der Waals surface area contributed by atoms with Gasteiger partial charge in [0, 0.05) is 37.8 Å². The number of aromatic nitrogens is 2. The third-order valence-electron chi connectivity index (χ3n) is 6.43. The van der Waals surface area contributed by atoms with Crippen LogP contribution in [0, 0.1) is 12.8 Å². The summed E-state index contributed by atoms with van der Waals surface area (Å²) >= 11 is 0. The van der Waals surface area contributed by atoms with Crippen LogP contribution in [0.15, 0.2) is 78.1 Å². The van der Waals surface area contributed by atoms with Crippen LogP contribution in [0.25, 0.3) is 0 Å². The molecule has 0 saturated carbocycles. The van der Waals surface area contributed by atoms with Crippen LogP contribution in [-0.2, 0) is 4.79 Å². The smallest absolute Gasteiger partial charge is 0.246 e. The van der Waals surface area contributed by atoms with Gasteiger partial charge in [0.25, 0.3) is 0 Å². The van der Waals surface area contributed by atoms with Crippen molar-refractivity contribution in [3.05, 3.63) is 89.9 Å². The molecule has 1 unspecified atom stereocenters. The molecule has 1 atom stereocenters. The van der Waals surface area contributed by atoms with Crippen LogP contribution in [0.3, 0.4) is 0 Å². The summed E-state index contributed by atoms with van der Waals surface area (Å²) in [5, 5.41) is 0. The number of likely N-dealkylation sites (tertiary alicyclic amines) is 1. The highest BCUT2D eigenvalue weighted by molar-refractivity contribution is 6.15. The molecule has 8 heteroatoms. The number of carbonyl (C=O) groups is 1. The number of carbonyl (C=O) groups excluding carboxylic acids is 1. The second-order valence-electron chi connectivity index (χ2n) is 10.2. The first-order valence-electron chi connectivity index (χ1n) is 13.8. The van der Waals surface area contributed by atoms with E-state index in [9.17, 15) is 4.79 Å². The van der Waals surface area contributed by atoms with Crippen molar-refractivity contribution in [1.29, 1.82) is 0 Å². The van der Waals surface area contributed by atoms with Gasteiger partial charge in [0.15, 0.2) is 0 Å². The molecule has 0 aliphatic carbocycles. The first-order chi connectivity index (χ1) is 19.3. The predicted octanol–water partition coefficient (Wildman–Crippen LogP) is 5.38. The molecule has 4 rings (SSSR count). The summed E-state index contributed by atoms with van der Waals surface area (Å²) in [6, 6.07) is 17.5. The number of nitrogen functional groups attached to an aromatic ring is 1. The maximum Gasteiger partial charge on any atom is 0.246 e. The van der Waals surface area contributed by atoms with Gasteiger partial charge >= 0.3 is 0 Å². The Bertz CT molecular complexity index is 1250. The van der Waals surface area contributed by atoms with Crippen molar-refractivity contribution in [1.82, 2.24) is 19.8 Å². The standard InChI is InChI=1S/C20H20N4O.C12H22N2O/c1-3-22-19(18-14(2)23-13-24-20(18)21)15-9-11-17(12-10-15)25-16-7-5-4-6-8-16;1-11-6-4-9-14(10-11)12(15)7-5-8-13(2)3/h4-13H,3H2,1-2H3,(H2,21,23,24);5,7,11H,4,6,8-10H2,1-3H3/b;7-5+. The van der Waals surface area contributed by atoms with Gasteiger partial charge in [-0.15, -0.1) is 0 Å². The molecule has 1 aliphatic heterocycles. The molecule has 3 aromatic rings. The Kier molecular flexibility index (Phi) is 11.8. The zero-order valence-corrected chi connectivity index (χ0v) is 24.4. The highest BCUT2D eigenvalue weighted by Gasteiger charge is 2.19. The van der Waals surface area contributed by atoms with Crippen LogP contribution in [0.2, 0.25) is 0 Å². The monoisotopic (exact) mass is 542 g/mol. The van der Waals surface area contributed by atoms with Crippen molar-refractivity contribution in [3.8, 4) is 11.5 Å². The Morgan fingerprint density at radius 3 is 2.45 bits per heavy atom. The molecular weight excluding hydrogens is 500 g/mol. The van der Waals surface area contributed by atoms with Gasteiger partial charge in [0.05, 0.1) is 17.0 Å². The minimum absolute atomic E-state index is 0.170. The average molecular weight is 543 g/mol. The number of piperidine rings is 1. The Balaban J connectivity index is 0.000000252. The molecular formula is C32H42N6O2. The fourth-order valence-electron chi connectivity index (χ4n) is 4.42. The van der Waals surface area contributed by atoms with E-state index < -0.39 is 0 Å². The molecule has 1 saturated heterocycles. The van der Waals surface area contributed by atoms with E-state index in [1.165, 1.54) is 12.7 Å². The van der Waals surface area contributed by atoms with E-state index in [0.29, 0.717) is 18.3 Å². The second kappa shape index (κ2) is 15.5. The lowest BCUT2D eigenvalue weighted by molar-refractivity contribution is -0.127. The first-order valence-corrected chi connectivity index (χ1v) is 13.8. The minimum atomic E-state index is 0.170. The normalized spacial score (nSPS) is 15.6. The number of nitrogens with zero attached hydrogens (tertiary/aromatic N) is 5. The fourth-order valence-corrected chi connectivity index (χ4v) is 4.42. The Morgan fingerprint density at radius 2 is 1.82 bits per heavy atom. The number of para-hydroxylation sites is 1. The average Bonchev–Trinajstić information content (AvgIpc) is 2.94. The quantitative estimate of drug-likeness (QED) is 0.303. The number of ether oxygens (including phenoxy) is 1. The van der Waals surface area contributed by atoms with Crippen molar-refractivity contribution in [2.24, 2.45) is 10.9 Å². The summed E-state index contributed by atoms with van der Waals surface area (Å²) in [7, 11) is 4.00. The maximum absolute atomic E-state index is 11.7. The number of rotatable bonds is 8. The van der Waals surface area contributed by atoms with E-state index in [1.807, 2.05) is 98.4 Å². The number of aliphatic imine (C=N–C) groups is 1. The summed E-state index contributed by atoms with van der Waals surface area (Å²) in [4.78, 5) is 28.7. The molecule has 2 heterocycles. The van der Waals surface area contributed by atoms with Crippen LogP contribution in [0.5, 0.6) is 11.5 Å². The predicted molar refractivity (Wildman–Crippen MR) is 163 cm³/mol. The zero-order valence-electron chi connectivity index (χ0n) is 24.4. The number of hydrogen-bond donors (Lipinski definition) is 1. The lowest BCUT2D eigenvalue weighted by Crippen LogP contribution is -2.38. The van der Waals surface area contributed by atoms with Gasteiger partial charge in [-0.05, 0) is 83.1 Å². The number of amides is 1. The Hall–Kier alpha value is -4.04. The first kappa shape index (κ1) is 30.5. The van der Waals surface area contributed by atoms with Crippen LogP contribution >= 0.6 is 0 Å². The van der Waals surface area contributed by atoms with E-state index in [4.69, 9.17) is 10.5 Å². The lowest BCUT2D eigenvalue weighted by Gasteiger charge is -2.30. The summed E-state index contributed by atoms with van der Waals surface area (Å²) in [6.07, 6.45) is 7.51. The molecule has 2 aromatic carbocycles. The number of hydrogen-bond acceptors (Lipinski definition) is 7. The van der Waals surface area contributed by atoms with Gasteiger partial charge in [0.2, 0.25) is 5.91 Å². The van der Waals surface area contributed by atoms with Crippen molar-refractivity contribution in [2.45, 2.75) is 33.6 Å². The van der Waals surface area contributed by atoms with Gasteiger partial charge in [-0.2, -0.15) is 0 Å². The van der Waals surface area contributed by atoms with Crippen LogP contribution in [-0.4, -0.2) is 71.7 Å². The number of nitrogens with two attached hydrogens (primary N) is 1. The molecule has 40 heavy (non-hydrogen) atoms. The van der Waals surface area contributed by atoms with Crippen LogP contribution in [0.4, 0.5) is 5.82 Å². The molecule has 1 fully saturated rings. The van der Waals surface area contributed by atoms with Crippen molar-refractivity contribution >= 4 is 17.4 Å². The van der Waals surface area contributed by atoms with Crippen molar-refractivity contribution in [3.63, 3.8) is 0 Å². The summed E-state index contributed by atoms with van der Waals surface area (Å²) < 4.78 is 5.84. The number of benzene rings is 2. The van der Waals surface area contributed by atoms with Crippen molar-refractivity contribution < 1.29 is 9.53 Å². The number of anilines is 1.